The molecule has 1 heterocycles. The van der Waals surface area contributed by atoms with Crippen LogP contribution >= 0.6 is 11.6 Å². The second kappa shape index (κ2) is 7.13. The Morgan fingerprint density at radius 1 is 1.10 bits per heavy atom. The standard InChI is InChI=1S/C18H25ClN2/c1-5-17-16(11-19)18(6-2)21(20-17)12-14-7-9-15(10-8-14)13(3)4/h7-10,13H,5-6,11-12H2,1-4H3. The van der Waals surface area contributed by atoms with Gasteiger partial charge >= 0.3 is 0 Å². The highest BCUT2D eigenvalue weighted by atomic mass is 35.5. The van der Waals surface area contributed by atoms with E-state index in [0.717, 1.165) is 25.1 Å². The largest absolute Gasteiger partial charge is 0.265 e. The SMILES string of the molecule is CCc1nn(Cc2ccc(C(C)C)cc2)c(CC)c1CCl. The number of benzene rings is 1. The predicted molar refractivity (Wildman–Crippen MR) is 90.2 cm³/mol. The molecule has 0 N–H and O–H groups in total. The number of aromatic nitrogens is 2. The normalized spacial score (nSPS) is 11.3. The van der Waals surface area contributed by atoms with Gasteiger partial charge in [0.1, 0.15) is 0 Å². The van der Waals surface area contributed by atoms with Crippen molar-refractivity contribution in [2.24, 2.45) is 0 Å². The average molecular weight is 305 g/mol. The van der Waals surface area contributed by atoms with E-state index in [9.17, 15) is 0 Å². The van der Waals surface area contributed by atoms with Crippen molar-refractivity contribution in [3.05, 3.63) is 52.3 Å². The predicted octanol–water partition coefficient (Wildman–Crippen LogP) is 4.92. The van der Waals surface area contributed by atoms with Crippen molar-refractivity contribution in [3.63, 3.8) is 0 Å². The van der Waals surface area contributed by atoms with Crippen molar-refractivity contribution in [2.75, 3.05) is 0 Å². The Morgan fingerprint density at radius 2 is 1.76 bits per heavy atom. The van der Waals surface area contributed by atoms with Crippen LogP contribution in [0.3, 0.4) is 0 Å². The van der Waals surface area contributed by atoms with E-state index in [0.29, 0.717) is 11.8 Å². The van der Waals surface area contributed by atoms with E-state index in [1.807, 2.05) is 0 Å². The lowest BCUT2D eigenvalue weighted by molar-refractivity contribution is 0.639. The lowest BCUT2D eigenvalue weighted by Gasteiger charge is -2.09. The van der Waals surface area contributed by atoms with Crippen molar-refractivity contribution in [3.8, 4) is 0 Å². The molecule has 0 atom stereocenters. The zero-order valence-corrected chi connectivity index (χ0v) is 14.2. The van der Waals surface area contributed by atoms with Crippen LogP contribution in [0.25, 0.3) is 0 Å². The summed E-state index contributed by atoms with van der Waals surface area (Å²) in [5, 5.41) is 4.76. The highest BCUT2D eigenvalue weighted by Gasteiger charge is 2.14. The molecule has 0 aliphatic carbocycles. The molecule has 0 unspecified atom stereocenters. The second-order valence-corrected chi connectivity index (χ2v) is 6.03. The number of rotatable bonds is 6. The maximum Gasteiger partial charge on any atom is 0.0669 e. The highest BCUT2D eigenvalue weighted by molar-refractivity contribution is 6.17. The molecule has 0 bridgehead atoms. The summed E-state index contributed by atoms with van der Waals surface area (Å²) in [5.41, 5.74) is 6.31. The van der Waals surface area contributed by atoms with Crippen LogP contribution in [-0.4, -0.2) is 9.78 Å². The first-order valence-electron chi connectivity index (χ1n) is 7.82. The van der Waals surface area contributed by atoms with Crippen molar-refractivity contribution in [2.45, 2.75) is 58.9 Å². The van der Waals surface area contributed by atoms with Gasteiger partial charge in [-0.15, -0.1) is 11.6 Å². The van der Waals surface area contributed by atoms with Gasteiger partial charge in [0.05, 0.1) is 18.1 Å². The molecule has 0 amide bonds. The second-order valence-electron chi connectivity index (χ2n) is 5.77. The third-order valence-electron chi connectivity index (χ3n) is 4.03. The molecular weight excluding hydrogens is 280 g/mol. The van der Waals surface area contributed by atoms with Crippen LogP contribution in [0.2, 0.25) is 0 Å². The fourth-order valence-electron chi connectivity index (χ4n) is 2.73. The topological polar surface area (TPSA) is 17.8 Å². The highest BCUT2D eigenvalue weighted by Crippen LogP contribution is 2.20. The van der Waals surface area contributed by atoms with Crippen molar-refractivity contribution in [1.29, 1.82) is 0 Å². The van der Waals surface area contributed by atoms with Crippen molar-refractivity contribution < 1.29 is 0 Å². The molecule has 0 aliphatic rings. The maximum atomic E-state index is 6.11. The van der Waals surface area contributed by atoms with Crippen molar-refractivity contribution in [1.82, 2.24) is 9.78 Å². The molecule has 0 saturated heterocycles. The lowest BCUT2D eigenvalue weighted by Crippen LogP contribution is -2.06. The summed E-state index contributed by atoms with van der Waals surface area (Å²) < 4.78 is 2.13. The van der Waals surface area contributed by atoms with Crippen LogP contribution in [0.15, 0.2) is 24.3 Å². The lowest BCUT2D eigenvalue weighted by atomic mass is 10.0. The molecule has 0 fully saturated rings. The molecule has 0 spiro atoms. The summed E-state index contributed by atoms with van der Waals surface area (Å²) in [6.07, 6.45) is 1.91. The van der Waals surface area contributed by atoms with Gasteiger partial charge in [-0.1, -0.05) is 52.0 Å². The Morgan fingerprint density at radius 3 is 2.24 bits per heavy atom. The van der Waals surface area contributed by atoms with Gasteiger partial charge in [0.15, 0.2) is 0 Å². The van der Waals surface area contributed by atoms with E-state index in [-0.39, 0.29) is 0 Å². The smallest absolute Gasteiger partial charge is 0.0669 e. The number of hydrogen-bond donors (Lipinski definition) is 0. The Balaban J connectivity index is 2.28. The van der Waals surface area contributed by atoms with E-state index in [1.54, 1.807) is 0 Å². The molecule has 0 saturated carbocycles. The van der Waals surface area contributed by atoms with Gasteiger partial charge in [-0.05, 0) is 29.9 Å². The van der Waals surface area contributed by atoms with Crippen LogP contribution in [0.4, 0.5) is 0 Å². The van der Waals surface area contributed by atoms with Crippen LogP contribution in [0, 0.1) is 0 Å². The van der Waals surface area contributed by atoms with E-state index in [2.05, 4.69) is 56.6 Å². The van der Waals surface area contributed by atoms with E-state index in [1.165, 1.54) is 22.4 Å². The number of aryl methyl sites for hydroxylation is 1. The quantitative estimate of drug-likeness (QED) is 0.693. The maximum absolute atomic E-state index is 6.11. The zero-order valence-electron chi connectivity index (χ0n) is 13.5. The average Bonchev–Trinajstić information content (AvgIpc) is 2.84. The number of halogens is 1. The third-order valence-corrected chi connectivity index (χ3v) is 4.30. The van der Waals surface area contributed by atoms with E-state index >= 15 is 0 Å². The van der Waals surface area contributed by atoms with Crippen LogP contribution in [0.5, 0.6) is 0 Å². The third kappa shape index (κ3) is 3.49. The molecule has 1 aromatic carbocycles. The summed E-state index contributed by atoms with van der Waals surface area (Å²) >= 11 is 6.11. The summed E-state index contributed by atoms with van der Waals surface area (Å²) in [6, 6.07) is 8.86. The number of nitrogens with zero attached hydrogens (tertiary/aromatic N) is 2. The molecule has 2 nitrogen and oxygen atoms in total. The summed E-state index contributed by atoms with van der Waals surface area (Å²) in [5.74, 6) is 1.13. The minimum absolute atomic E-state index is 0.554. The van der Waals surface area contributed by atoms with Crippen LogP contribution in [-0.2, 0) is 25.3 Å². The molecule has 2 aromatic rings. The van der Waals surface area contributed by atoms with Gasteiger partial charge in [-0.3, -0.25) is 4.68 Å². The number of alkyl halides is 1. The van der Waals surface area contributed by atoms with Crippen LogP contribution in [0.1, 0.15) is 61.7 Å². The minimum Gasteiger partial charge on any atom is -0.265 e. The van der Waals surface area contributed by atoms with Crippen LogP contribution < -0.4 is 0 Å². The molecule has 1 aromatic heterocycles. The molecule has 3 heteroatoms. The van der Waals surface area contributed by atoms with Gasteiger partial charge in [0, 0.05) is 11.3 Å². The number of hydrogen-bond acceptors (Lipinski definition) is 1. The van der Waals surface area contributed by atoms with Gasteiger partial charge in [-0.25, -0.2) is 0 Å². The van der Waals surface area contributed by atoms with E-state index in [4.69, 9.17) is 16.7 Å². The van der Waals surface area contributed by atoms with E-state index < -0.39 is 0 Å². The minimum atomic E-state index is 0.554. The Labute approximate surface area is 133 Å². The first-order valence-corrected chi connectivity index (χ1v) is 8.36. The molecule has 0 radical (unpaired) electrons. The monoisotopic (exact) mass is 304 g/mol. The summed E-state index contributed by atoms with van der Waals surface area (Å²) in [4.78, 5) is 0. The van der Waals surface area contributed by atoms with Gasteiger partial charge in [-0.2, -0.15) is 5.10 Å². The summed E-state index contributed by atoms with van der Waals surface area (Å²) in [7, 11) is 0. The molecular formula is C18H25ClN2. The molecule has 2 rings (SSSR count). The van der Waals surface area contributed by atoms with Gasteiger partial charge in [0.25, 0.3) is 0 Å². The fraction of sp³-hybridized carbons (Fsp3) is 0.500. The molecule has 21 heavy (non-hydrogen) atoms. The first-order chi connectivity index (χ1) is 10.1. The Hall–Kier alpha value is -1.28. The summed E-state index contributed by atoms with van der Waals surface area (Å²) in [6.45, 7) is 9.58. The fourth-order valence-corrected chi connectivity index (χ4v) is 3.04. The Kier molecular flexibility index (Phi) is 5.46. The molecule has 0 aliphatic heterocycles. The van der Waals surface area contributed by atoms with Gasteiger partial charge < -0.3 is 0 Å². The van der Waals surface area contributed by atoms with Crippen molar-refractivity contribution >= 4 is 11.6 Å². The Bertz CT molecular complexity index is 582. The first kappa shape index (κ1) is 16.1. The molecule has 114 valence electrons. The zero-order chi connectivity index (χ0) is 15.4. The van der Waals surface area contributed by atoms with Gasteiger partial charge in [0.2, 0.25) is 0 Å².